The summed E-state index contributed by atoms with van der Waals surface area (Å²) in [5.74, 6) is -0.0143. The first kappa shape index (κ1) is 13.1. The number of benzene rings is 1. The normalized spacial score (nSPS) is 11.2. The Hall–Kier alpha value is -0.960. The maximum Gasteiger partial charge on any atom is 0.251 e. The molecule has 1 rings (SSSR count). The van der Waals surface area contributed by atoms with Crippen molar-refractivity contribution in [2.45, 2.75) is 44.0 Å². The van der Waals surface area contributed by atoms with Crippen LogP contribution >= 0.6 is 12.6 Å². The van der Waals surface area contributed by atoms with Crippen LogP contribution in [0.2, 0.25) is 0 Å². The van der Waals surface area contributed by atoms with Crippen LogP contribution in [0.15, 0.2) is 29.2 Å². The molecule has 1 amide bonds. The molecule has 0 saturated carbocycles. The van der Waals surface area contributed by atoms with Crippen LogP contribution in [-0.4, -0.2) is 11.4 Å². The molecule has 0 aliphatic heterocycles. The molecule has 1 N–H and O–H groups in total. The number of amides is 1. The van der Waals surface area contributed by atoms with E-state index in [2.05, 4.69) is 38.7 Å². The molecule has 0 aromatic heterocycles. The second kappa shape index (κ2) is 5.39. The minimum Gasteiger partial charge on any atom is -0.347 e. The lowest BCUT2D eigenvalue weighted by molar-refractivity contribution is 0.0901. The Morgan fingerprint density at radius 3 is 2.19 bits per heavy atom. The number of carbonyl (C=O) groups excluding carboxylic acids is 1. The maximum atomic E-state index is 12.0. The Bertz CT molecular complexity index is 355. The molecule has 1 aromatic rings. The van der Waals surface area contributed by atoms with Crippen LogP contribution in [0.3, 0.4) is 0 Å². The topological polar surface area (TPSA) is 29.1 Å². The van der Waals surface area contributed by atoms with Gasteiger partial charge < -0.3 is 5.32 Å². The summed E-state index contributed by atoms with van der Waals surface area (Å²) in [6, 6.07) is 7.24. The van der Waals surface area contributed by atoms with E-state index in [1.54, 1.807) is 12.1 Å². The van der Waals surface area contributed by atoms with Gasteiger partial charge in [-0.05, 0) is 44.0 Å². The van der Waals surface area contributed by atoms with Crippen LogP contribution < -0.4 is 5.32 Å². The van der Waals surface area contributed by atoms with Gasteiger partial charge in [0.25, 0.3) is 5.91 Å². The van der Waals surface area contributed by atoms with Crippen LogP contribution in [0.1, 0.15) is 44.0 Å². The van der Waals surface area contributed by atoms with Crippen molar-refractivity contribution in [1.82, 2.24) is 5.32 Å². The molecule has 1 aromatic carbocycles. The minimum absolute atomic E-state index is 0.0143. The molecular formula is C13H19NOS. The number of hydrogen-bond donors (Lipinski definition) is 2. The third-order valence-corrected chi connectivity index (χ3v) is 3.40. The third kappa shape index (κ3) is 3.27. The second-order valence-corrected chi connectivity index (χ2v) is 4.79. The van der Waals surface area contributed by atoms with E-state index < -0.39 is 0 Å². The van der Waals surface area contributed by atoms with Crippen molar-refractivity contribution < 1.29 is 4.79 Å². The Balaban J connectivity index is 2.76. The van der Waals surface area contributed by atoms with Gasteiger partial charge in [0.2, 0.25) is 0 Å². The molecule has 0 aliphatic carbocycles. The number of rotatable bonds is 4. The van der Waals surface area contributed by atoms with E-state index in [9.17, 15) is 4.79 Å². The van der Waals surface area contributed by atoms with Crippen molar-refractivity contribution >= 4 is 18.5 Å². The molecule has 0 radical (unpaired) electrons. The summed E-state index contributed by atoms with van der Waals surface area (Å²) in [6.07, 6.45) is 1.86. The van der Waals surface area contributed by atoms with Crippen molar-refractivity contribution in [2.75, 3.05) is 0 Å². The second-order valence-electron chi connectivity index (χ2n) is 4.27. The van der Waals surface area contributed by atoms with Gasteiger partial charge in [-0.3, -0.25) is 4.79 Å². The molecule has 0 heterocycles. The van der Waals surface area contributed by atoms with E-state index >= 15 is 0 Å². The van der Waals surface area contributed by atoms with E-state index in [-0.39, 0.29) is 11.4 Å². The third-order valence-electron chi connectivity index (χ3n) is 3.11. The van der Waals surface area contributed by atoms with Crippen molar-refractivity contribution in [2.24, 2.45) is 0 Å². The van der Waals surface area contributed by atoms with Crippen molar-refractivity contribution in [3.05, 3.63) is 29.8 Å². The Kier molecular flexibility index (Phi) is 4.42. The highest BCUT2D eigenvalue weighted by molar-refractivity contribution is 7.80. The van der Waals surface area contributed by atoms with E-state index in [0.717, 1.165) is 17.7 Å². The SMILES string of the molecule is CCC(C)(CC)NC(=O)c1ccc(S)cc1. The maximum absolute atomic E-state index is 12.0. The fourth-order valence-corrected chi connectivity index (χ4v) is 1.53. The molecule has 0 spiro atoms. The zero-order valence-corrected chi connectivity index (χ0v) is 11.0. The van der Waals surface area contributed by atoms with E-state index in [1.807, 2.05) is 12.1 Å². The Morgan fingerprint density at radius 1 is 1.25 bits per heavy atom. The number of hydrogen-bond acceptors (Lipinski definition) is 2. The quantitative estimate of drug-likeness (QED) is 0.773. The van der Waals surface area contributed by atoms with Crippen molar-refractivity contribution in [1.29, 1.82) is 0 Å². The molecule has 0 atom stereocenters. The van der Waals surface area contributed by atoms with Crippen LogP contribution in [0.4, 0.5) is 0 Å². The summed E-state index contributed by atoms with van der Waals surface area (Å²) in [4.78, 5) is 12.8. The Morgan fingerprint density at radius 2 is 1.75 bits per heavy atom. The molecule has 16 heavy (non-hydrogen) atoms. The van der Waals surface area contributed by atoms with Gasteiger partial charge in [0.05, 0.1) is 0 Å². The first-order valence-electron chi connectivity index (χ1n) is 5.62. The zero-order valence-electron chi connectivity index (χ0n) is 10.1. The average molecular weight is 237 g/mol. The molecule has 3 heteroatoms. The number of thiol groups is 1. The van der Waals surface area contributed by atoms with Gasteiger partial charge in [-0.15, -0.1) is 12.6 Å². The van der Waals surface area contributed by atoms with Gasteiger partial charge in [-0.1, -0.05) is 13.8 Å². The predicted molar refractivity (Wildman–Crippen MR) is 70.1 cm³/mol. The van der Waals surface area contributed by atoms with Crippen LogP contribution in [0.5, 0.6) is 0 Å². The molecule has 0 aliphatic rings. The molecule has 0 fully saturated rings. The molecule has 0 unspecified atom stereocenters. The van der Waals surface area contributed by atoms with Gasteiger partial charge in [0.1, 0.15) is 0 Å². The highest BCUT2D eigenvalue weighted by Gasteiger charge is 2.22. The predicted octanol–water partition coefficient (Wildman–Crippen LogP) is 3.28. The summed E-state index contributed by atoms with van der Waals surface area (Å²) < 4.78 is 0. The summed E-state index contributed by atoms with van der Waals surface area (Å²) in [5.41, 5.74) is 0.572. The Labute approximate surface area is 103 Å². The summed E-state index contributed by atoms with van der Waals surface area (Å²) in [7, 11) is 0. The first-order chi connectivity index (χ1) is 7.50. The number of nitrogens with one attached hydrogen (secondary N) is 1. The summed E-state index contributed by atoms with van der Waals surface area (Å²) in [6.45, 7) is 6.24. The smallest absolute Gasteiger partial charge is 0.251 e. The molecule has 0 bridgehead atoms. The first-order valence-corrected chi connectivity index (χ1v) is 6.07. The van der Waals surface area contributed by atoms with Gasteiger partial charge in [-0.25, -0.2) is 0 Å². The molecular weight excluding hydrogens is 218 g/mol. The lowest BCUT2D eigenvalue weighted by Crippen LogP contribution is -2.44. The van der Waals surface area contributed by atoms with Crippen molar-refractivity contribution in [3.8, 4) is 0 Å². The van der Waals surface area contributed by atoms with Crippen LogP contribution in [-0.2, 0) is 0 Å². The van der Waals surface area contributed by atoms with E-state index in [4.69, 9.17) is 0 Å². The summed E-state index contributed by atoms with van der Waals surface area (Å²) >= 11 is 4.19. The van der Waals surface area contributed by atoms with Crippen LogP contribution in [0.25, 0.3) is 0 Å². The van der Waals surface area contributed by atoms with Crippen LogP contribution in [0, 0.1) is 0 Å². The zero-order chi connectivity index (χ0) is 12.2. The van der Waals surface area contributed by atoms with Gasteiger partial charge in [0, 0.05) is 16.0 Å². The summed E-state index contributed by atoms with van der Waals surface area (Å²) in [5, 5.41) is 3.06. The number of carbonyl (C=O) groups is 1. The van der Waals surface area contributed by atoms with Crippen molar-refractivity contribution in [3.63, 3.8) is 0 Å². The highest BCUT2D eigenvalue weighted by Crippen LogP contribution is 2.15. The molecule has 88 valence electrons. The molecule has 0 saturated heterocycles. The largest absolute Gasteiger partial charge is 0.347 e. The van der Waals surface area contributed by atoms with Gasteiger partial charge >= 0.3 is 0 Å². The van der Waals surface area contributed by atoms with E-state index in [1.165, 1.54) is 0 Å². The monoisotopic (exact) mass is 237 g/mol. The van der Waals surface area contributed by atoms with E-state index in [0.29, 0.717) is 5.56 Å². The van der Waals surface area contributed by atoms with Gasteiger partial charge in [-0.2, -0.15) is 0 Å². The standard InChI is InChI=1S/C13H19NOS/c1-4-13(3,5-2)14-12(15)10-6-8-11(16)9-7-10/h6-9,16H,4-5H2,1-3H3,(H,14,15). The lowest BCUT2D eigenvalue weighted by atomic mass is 9.95. The minimum atomic E-state index is -0.114. The fraction of sp³-hybridized carbons (Fsp3) is 0.462. The molecule has 2 nitrogen and oxygen atoms in total. The highest BCUT2D eigenvalue weighted by atomic mass is 32.1. The lowest BCUT2D eigenvalue weighted by Gasteiger charge is -2.28. The van der Waals surface area contributed by atoms with Gasteiger partial charge in [0.15, 0.2) is 0 Å². The average Bonchev–Trinajstić information content (AvgIpc) is 2.29. The fourth-order valence-electron chi connectivity index (χ4n) is 1.39.